The predicted molar refractivity (Wildman–Crippen MR) is 60.3 cm³/mol. The molecule has 1 unspecified atom stereocenters. The van der Waals surface area contributed by atoms with Crippen molar-refractivity contribution >= 4 is 6.21 Å². The van der Waals surface area contributed by atoms with Gasteiger partial charge in [0, 0.05) is 5.56 Å². The minimum atomic E-state index is -0.539. The van der Waals surface area contributed by atoms with Gasteiger partial charge in [0.05, 0.1) is 12.7 Å². The Kier molecular flexibility index (Phi) is 3.49. The average molecular weight is 316 g/mol. The number of nitrogens with zero attached hydrogens (tertiary/aromatic N) is 1. The van der Waals surface area contributed by atoms with Crippen LogP contribution in [-0.4, -0.2) is 43.4 Å². The number of aliphatic hydroxyl groups excluding tert-OH is 1. The molecule has 98 valence electrons. The number of fused-ring (bicyclic) bond motifs is 3. The van der Waals surface area contributed by atoms with Crippen molar-refractivity contribution in [2.75, 3.05) is 27.5 Å². The van der Waals surface area contributed by atoms with Crippen molar-refractivity contribution < 1.29 is 40.9 Å². The molecule has 0 radical (unpaired) electrons. The highest BCUT2D eigenvalue weighted by Gasteiger charge is 2.32. The van der Waals surface area contributed by atoms with Crippen molar-refractivity contribution in [2.45, 2.75) is 6.10 Å². The highest BCUT2D eigenvalue weighted by atomic mass is 79.9. The Labute approximate surface area is 115 Å². The van der Waals surface area contributed by atoms with E-state index >= 15 is 0 Å². The van der Waals surface area contributed by atoms with Crippen LogP contribution in [0.3, 0.4) is 0 Å². The van der Waals surface area contributed by atoms with Gasteiger partial charge in [-0.1, -0.05) is 0 Å². The van der Waals surface area contributed by atoms with Gasteiger partial charge in [0.1, 0.15) is 13.2 Å². The Morgan fingerprint density at radius 3 is 2.83 bits per heavy atom. The zero-order chi connectivity index (χ0) is 12.0. The van der Waals surface area contributed by atoms with Gasteiger partial charge in [0.15, 0.2) is 24.3 Å². The van der Waals surface area contributed by atoms with Gasteiger partial charge in [-0.3, -0.25) is 0 Å². The van der Waals surface area contributed by atoms with Crippen molar-refractivity contribution in [2.24, 2.45) is 0 Å². The molecule has 1 N–H and O–H groups in total. The Bertz CT molecular complexity index is 515. The summed E-state index contributed by atoms with van der Waals surface area (Å²) in [6, 6.07) is 1.82. The number of methoxy groups -OCH3 is 1. The highest BCUT2D eigenvalue weighted by molar-refractivity contribution is 5.86. The van der Waals surface area contributed by atoms with Crippen molar-refractivity contribution in [1.29, 1.82) is 0 Å². The van der Waals surface area contributed by atoms with Crippen LogP contribution in [-0.2, 0) is 0 Å². The zero-order valence-corrected chi connectivity index (χ0v) is 11.7. The average Bonchev–Trinajstić information content (AvgIpc) is 2.77. The Morgan fingerprint density at radius 2 is 2.11 bits per heavy atom. The molecule has 0 fully saturated rings. The third kappa shape index (κ3) is 1.85. The van der Waals surface area contributed by atoms with E-state index in [9.17, 15) is 5.11 Å². The van der Waals surface area contributed by atoms with Crippen LogP contribution in [0.2, 0.25) is 0 Å². The first kappa shape index (κ1) is 13.2. The number of likely N-dealkylation sites (N-methyl/N-ethyl adjacent to an activating group) is 1. The Balaban J connectivity index is 0.00000120. The molecule has 5 nitrogen and oxygen atoms in total. The van der Waals surface area contributed by atoms with Gasteiger partial charge >= 0.3 is 0 Å². The number of ether oxygens (including phenoxy) is 3. The van der Waals surface area contributed by atoms with Crippen LogP contribution in [0.15, 0.2) is 6.07 Å². The summed E-state index contributed by atoms with van der Waals surface area (Å²) < 4.78 is 18.0. The second-order valence-corrected chi connectivity index (χ2v) is 4.23. The van der Waals surface area contributed by atoms with E-state index in [1.807, 2.05) is 23.9 Å². The third-order valence-electron chi connectivity index (χ3n) is 3.07. The quantitative estimate of drug-likeness (QED) is 0.584. The number of β-amino-alcohol motifs (C(OH)–C–C–N with tert-alkyl or cyclic N) is 1. The molecule has 6 heteroatoms. The van der Waals surface area contributed by atoms with E-state index in [-0.39, 0.29) is 23.8 Å². The van der Waals surface area contributed by atoms with Crippen LogP contribution in [0.25, 0.3) is 0 Å². The summed E-state index contributed by atoms with van der Waals surface area (Å²) in [5, 5.41) is 10.1. The molecule has 0 spiro atoms. The maximum absolute atomic E-state index is 10.1. The molecule has 0 saturated carbocycles. The van der Waals surface area contributed by atoms with Crippen LogP contribution in [0.4, 0.5) is 0 Å². The number of halogens is 1. The molecule has 0 aliphatic carbocycles. The monoisotopic (exact) mass is 315 g/mol. The van der Waals surface area contributed by atoms with Gasteiger partial charge in [0.2, 0.25) is 12.5 Å². The first-order valence-corrected chi connectivity index (χ1v) is 5.44. The van der Waals surface area contributed by atoms with E-state index in [4.69, 9.17) is 14.2 Å². The largest absolute Gasteiger partial charge is 1.00 e. The number of hydrogen-bond acceptors (Lipinski definition) is 4. The second-order valence-electron chi connectivity index (χ2n) is 4.23. The lowest BCUT2D eigenvalue weighted by molar-refractivity contribution is -0.505. The SMILES string of the molecule is COc1cc2c(c3c1OCO3)C=[N+](C)CC2O.[Br-]. The maximum Gasteiger partial charge on any atom is 0.231 e. The molecule has 1 aromatic rings. The van der Waals surface area contributed by atoms with E-state index in [1.165, 1.54) is 0 Å². The Hall–Kier alpha value is -1.27. The topological polar surface area (TPSA) is 50.9 Å². The zero-order valence-electron chi connectivity index (χ0n) is 10.1. The molecule has 0 aromatic heterocycles. The van der Waals surface area contributed by atoms with Crippen molar-refractivity contribution in [3.05, 3.63) is 17.2 Å². The molecule has 3 rings (SSSR count). The van der Waals surface area contributed by atoms with E-state index < -0.39 is 6.10 Å². The third-order valence-corrected chi connectivity index (χ3v) is 3.07. The molecule has 18 heavy (non-hydrogen) atoms. The van der Waals surface area contributed by atoms with Crippen molar-refractivity contribution in [3.63, 3.8) is 0 Å². The van der Waals surface area contributed by atoms with Gasteiger partial charge in [-0.2, -0.15) is 0 Å². The lowest BCUT2D eigenvalue weighted by Gasteiger charge is -2.18. The molecule has 0 bridgehead atoms. The van der Waals surface area contributed by atoms with Crippen LogP contribution < -0.4 is 31.2 Å². The summed E-state index contributed by atoms with van der Waals surface area (Å²) in [6.07, 6.45) is 1.41. The van der Waals surface area contributed by atoms with Gasteiger partial charge in [-0.25, -0.2) is 4.58 Å². The lowest BCUT2D eigenvalue weighted by Crippen LogP contribution is -3.00. The molecular weight excluding hydrogens is 302 g/mol. The predicted octanol–water partition coefficient (Wildman–Crippen LogP) is -2.46. The van der Waals surface area contributed by atoms with E-state index in [1.54, 1.807) is 7.11 Å². The summed E-state index contributed by atoms with van der Waals surface area (Å²) in [7, 11) is 3.49. The Morgan fingerprint density at radius 1 is 1.39 bits per heavy atom. The first-order valence-electron chi connectivity index (χ1n) is 5.44. The summed E-state index contributed by atoms with van der Waals surface area (Å²) in [5.41, 5.74) is 1.70. The number of benzene rings is 1. The fourth-order valence-corrected chi connectivity index (χ4v) is 2.28. The molecular formula is C12H14BrNO4. The standard InChI is InChI=1S/C12H14NO4.BrH/c1-13-4-8-7(9(14)5-13)3-10(15-2)12-11(8)16-6-17-12;/h3-4,9,14H,5-6H2,1-2H3;1H/q+1;/p-1. The highest BCUT2D eigenvalue weighted by Crippen LogP contribution is 2.46. The molecule has 1 atom stereocenters. The smallest absolute Gasteiger partial charge is 0.231 e. The molecule has 2 heterocycles. The summed E-state index contributed by atoms with van der Waals surface area (Å²) in [6.45, 7) is 0.756. The fraction of sp³-hybridized carbons (Fsp3) is 0.417. The van der Waals surface area contributed by atoms with Crippen LogP contribution in [0.5, 0.6) is 17.2 Å². The number of aliphatic hydroxyl groups is 1. The lowest BCUT2D eigenvalue weighted by atomic mass is 9.98. The molecule has 0 saturated heterocycles. The van der Waals surface area contributed by atoms with Crippen LogP contribution in [0.1, 0.15) is 17.2 Å². The number of hydrogen-bond donors (Lipinski definition) is 1. The first-order chi connectivity index (χ1) is 8.20. The van der Waals surface area contributed by atoms with Crippen LogP contribution in [0, 0.1) is 0 Å². The van der Waals surface area contributed by atoms with Gasteiger partial charge in [-0.05, 0) is 6.07 Å². The van der Waals surface area contributed by atoms with Gasteiger partial charge in [0.25, 0.3) is 0 Å². The molecule has 0 amide bonds. The number of rotatable bonds is 1. The second kappa shape index (κ2) is 4.78. The summed E-state index contributed by atoms with van der Waals surface area (Å²) in [4.78, 5) is 0. The van der Waals surface area contributed by atoms with E-state index in [2.05, 4.69) is 0 Å². The van der Waals surface area contributed by atoms with Crippen molar-refractivity contribution in [1.82, 2.24) is 0 Å². The van der Waals surface area contributed by atoms with Gasteiger partial charge in [-0.15, -0.1) is 0 Å². The molecule has 2 aliphatic heterocycles. The van der Waals surface area contributed by atoms with E-state index in [0.29, 0.717) is 23.8 Å². The summed E-state index contributed by atoms with van der Waals surface area (Å²) in [5.74, 6) is 1.88. The minimum Gasteiger partial charge on any atom is -1.00 e. The van der Waals surface area contributed by atoms with Crippen molar-refractivity contribution in [3.8, 4) is 17.2 Å². The minimum absolute atomic E-state index is 0. The van der Waals surface area contributed by atoms with Crippen LogP contribution >= 0.6 is 0 Å². The van der Waals surface area contributed by atoms with E-state index in [0.717, 1.165) is 11.1 Å². The molecule has 2 aliphatic rings. The fourth-order valence-electron chi connectivity index (χ4n) is 2.28. The molecule has 1 aromatic carbocycles. The van der Waals surface area contributed by atoms with Gasteiger partial charge < -0.3 is 36.3 Å². The maximum atomic E-state index is 10.1. The normalized spacial score (nSPS) is 19.7. The summed E-state index contributed by atoms with van der Waals surface area (Å²) >= 11 is 0.